The quantitative estimate of drug-likeness (QED) is 0.781. The molecule has 0 aliphatic rings. The molecule has 0 radical (unpaired) electrons. The lowest BCUT2D eigenvalue weighted by Crippen LogP contribution is -2.30. The Morgan fingerprint density at radius 3 is 2.71 bits per heavy atom. The summed E-state index contributed by atoms with van der Waals surface area (Å²) in [5.74, 6) is -1.19. The Bertz CT molecular complexity index is 727. The molecule has 0 atom stereocenters. The smallest absolute Gasteiger partial charge is 0.348 e. The average Bonchev–Trinajstić information content (AvgIpc) is 2.95. The van der Waals surface area contributed by atoms with E-state index in [1.165, 1.54) is 17.4 Å². The molecule has 2 rings (SSSR count). The zero-order chi connectivity index (χ0) is 17.5. The first kappa shape index (κ1) is 18.1. The largest absolute Gasteiger partial charge is 0.451 e. The second kappa shape index (κ2) is 8.59. The van der Waals surface area contributed by atoms with Gasteiger partial charge in [-0.15, -0.1) is 11.3 Å². The third-order valence-electron chi connectivity index (χ3n) is 3.55. The number of ether oxygens (including phenoxy) is 1. The zero-order valence-corrected chi connectivity index (χ0v) is 14.5. The summed E-state index contributed by atoms with van der Waals surface area (Å²) in [5, 5.41) is 2.61. The summed E-state index contributed by atoms with van der Waals surface area (Å²) in [6.45, 7) is 3.92. The molecular formula is C18H20FNO3S. The van der Waals surface area contributed by atoms with Gasteiger partial charge in [-0.2, -0.15) is 0 Å². The maximum atomic E-state index is 13.4. The predicted octanol–water partition coefficient (Wildman–Crippen LogP) is 3.27. The molecular weight excluding hydrogens is 329 g/mol. The molecule has 1 heterocycles. The highest BCUT2D eigenvalue weighted by atomic mass is 32.1. The highest BCUT2D eigenvalue weighted by molar-refractivity contribution is 7.14. The van der Waals surface area contributed by atoms with Crippen LogP contribution in [0.1, 0.15) is 32.6 Å². The van der Waals surface area contributed by atoms with E-state index < -0.39 is 11.9 Å². The Hall–Kier alpha value is -2.21. The molecule has 1 aromatic carbocycles. The van der Waals surface area contributed by atoms with Crippen molar-refractivity contribution in [2.75, 3.05) is 13.2 Å². The number of amides is 1. The van der Waals surface area contributed by atoms with E-state index in [4.69, 9.17) is 4.74 Å². The van der Waals surface area contributed by atoms with Crippen molar-refractivity contribution in [1.29, 1.82) is 0 Å². The van der Waals surface area contributed by atoms with Crippen LogP contribution in [0.4, 0.5) is 4.39 Å². The lowest BCUT2D eigenvalue weighted by Gasteiger charge is -2.06. The second-order valence-electron chi connectivity index (χ2n) is 5.34. The summed E-state index contributed by atoms with van der Waals surface area (Å²) in [7, 11) is 0. The Labute approximate surface area is 144 Å². The molecule has 0 aliphatic heterocycles. The first-order valence-corrected chi connectivity index (χ1v) is 8.59. The van der Waals surface area contributed by atoms with Crippen molar-refractivity contribution in [2.45, 2.75) is 26.7 Å². The van der Waals surface area contributed by atoms with Crippen molar-refractivity contribution in [2.24, 2.45) is 0 Å². The molecule has 0 saturated heterocycles. The number of thiophene rings is 1. The molecule has 0 saturated carbocycles. The van der Waals surface area contributed by atoms with Gasteiger partial charge in [-0.25, -0.2) is 9.18 Å². The minimum absolute atomic E-state index is 0.287. The number of nitrogens with one attached hydrogen (secondary N) is 1. The third kappa shape index (κ3) is 4.89. The van der Waals surface area contributed by atoms with Crippen LogP contribution in [-0.4, -0.2) is 25.0 Å². The first-order chi connectivity index (χ1) is 11.5. The number of aryl methyl sites for hydroxylation is 2. The molecule has 2 aromatic rings. The molecule has 6 heteroatoms. The average molecular weight is 349 g/mol. The van der Waals surface area contributed by atoms with Crippen LogP contribution in [0, 0.1) is 12.7 Å². The van der Waals surface area contributed by atoms with E-state index in [0.717, 1.165) is 16.9 Å². The van der Waals surface area contributed by atoms with E-state index in [9.17, 15) is 14.0 Å². The summed E-state index contributed by atoms with van der Waals surface area (Å²) in [6, 6.07) is 8.20. The van der Waals surface area contributed by atoms with E-state index >= 15 is 0 Å². The van der Waals surface area contributed by atoms with Crippen LogP contribution in [0.2, 0.25) is 0 Å². The molecule has 24 heavy (non-hydrogen) atoms. The van der Waals surface area contributed by atoms with Gasteiger partial charge in [-0.3, -0.25) is 4.79 Å². The van der Waals surface area contributed by atoms with E-state index in [-0.39, 0.29) is 19.0 Å². The number of esters is 1. The van der Waals surface area contributed by atoms with Crippen molar-refractivity contribution in [1.82, 2.24) is 5.32 Å². The van der Waals surface area contributed by atoms with Gasteiger partial charge in [0.1, 0.15) is 10.7 Å². The van der Waals surface area contributed by atoms with Crippen molar-refractivity contribution >= 4 is 23.2 Å². The molecule has 0 unspecified atom stereocenters. The maximum absolute atomic E-state index is 13.4. The minimum atomic E-state index is -0.493. The normalized spacial score (nSPS) is 10.5. The lowest BCUT2D eigenvalue weighted by atomic mass is 10.1. The van der Waals surface area contributed by atoms with Gasteiger partial charge in [-0.1, -0.05) is 25.1 Å². The summed E-state index contributed by atoms with van der Waals surface area (Å²) < 4.78 is 18.5. The van der Waals surface area contributed by atoms with Crippen LogP contribution in [0.5, 0.6) is 0 Å². The molecule has 0 spiro atoms. The van der Waals surface area contributed by atoms with Crippen LogP contribution in [0.25, 0.3) is 0 Å². The van der Waals surface area contributed by atoms with E-state index in [1.54, 1.807) is 24.3 Å². The highest BCUT2D eigenvalue weighted by Crippen LogP contribution is 2.22. The van der Waals surface area contributed by atoms with E-state index in [1.807, 2.05) is 13.8 Å². The molecule has 4 nitrogen and oxygen atoms in total. The van der Waals surface area contributed by atoms with Gasteiger partial charge in [0.25, 0.3) is 5.91 Å². The Kier molecular flexibility index (Phi) is 6.49. The number of hydrogen-bond acceptors (Lipinski definition) is 4. The van der Waals surface area contributed by atoms with Crippen LogP contribution < -0.4 is 5.32 Å². The van der Waals surface area contributed by atoms with Crippen LogP contribution in [-0.2, 0) is 22.4 Å². The molecule has 0 fully saturated rings. The molecule has 1 amide bonds. The summed E-state index contributed by atoms with van der Waals surface area (Å²) >= 11 is 1.39. The summed E-state index contributed by atoms with van der Waals surface area (Å²) in [5.41, 5.74) is 1.60. The van der Waals surface area contributed by atoms with Gasteiger partial charge in [0.2, 0.25) is 0 Å². The molecule has 1 aromatic heterocycles. The molecule has 0 aliphatic carbocycles. The van der Waals surface area contributed by atoms with Gasteiger partial charge in [0, 0.05) is 11.4 Å². The number of carbonyl (C=O) groups excluding carboxylic acids is 2. The van der Waals surface area contributed by atoms with Crippen molar-refractivity contribution in [3.8, 4) is 0 Å². The topological polar surface area (TPSA) is 55.4 Å². The Balaban J connectivity index is 1.74. The van der Waals surface area contributed by atoms with Gasteiger partial charge in [-0.05, 0) is 43.0 Å². The van der Waals surface area contributed by atoms with Gasteiger partial charge < -0.3 is 10.1 Å². The number of hydrogen-bond donors (Lipinski definition) is 1. The monoisotopic (exact) mass is 349 g/mol. The van der Waals surface area contributed by atoms with Crippen molar-refractivity contribution < 1.29 is 18.7 Å². The first-order valence-electron chi connectivity index (χ1n) is 7.77. The fourth-order valence-electron chi connectivity index (χ4n) is 2.26. The number of halogens is 1. The highest BCUT2D eigenvalue weighted by Gasteiger charge is 2.14. The van der Waals surface area contributed by atoms with E-state index in [2.05, 4.69) is 5.32 Å². The Morgan fingerprint density at radius 2 is 2.04 bits per heavy atom. The molecule has 128 valence electrons. The molecule has 1 N–H and O–H groups in total. The predicted molar refractivity (Wildman–Crippen MR) is 91.8 cm³/mol. The number of rotatable bonds is 7. The Morgan fingerprint density at radius 1 is 1.29 bits per heavy atom. The lowest BCUT2D eigenvalue weighted by molar-refractivity contribution is -0.124. The second-order valence-corrected chi connectivity index (χ2v) is 6.47. The van der Waals surface area contributed by atoms with Crippen molar-refractivity contribution in [3.63, 3.8) is 0 Å². The van der Waals surface area contributed by atoms with E-state index in [0.29, 0.717) is 16.9 Å². The SMILES string of the molecule is CCc1sc(C(=O)OCC(=O)NCCc2ccccc2F)cc1C. The molecule has 0 bridgehead atoms. The van der Waals surface area contributed by atoms with Crippen LogP contribution >= 0.6 is 11.3 Å². The third-order valence-corrected chi connectivity index (χ3v) is 4.91. The van der Waals surface area contributed by atoms with Gasteiger partial charge in [0.05, 0.1) is 0 Å². The minimum Gasteiger partial charge on any atom is -0.451 e. The van der Waals surface area contributed by atoms with Crippen molar-refractivity contribution in [3.05, 3.63) is 57.0 Å². The maximum Gasteiger partial charge on any atom is 0.348 e. The number of carbonyl (C=O) groups is 2. The standard InChI is InChI=1S/C18H20FNO3S/c1-3-15-12(2)10-16(24-15)18(22)23-11-17(21)20-9-8-13-6-4-5-7-14(13)19/h4-7,10H,3,8-9,11H2,1-2H3,(H,20,21). The van der Waals surface area contributed by atoms with Gasteiger partial charge in [0.15, 0.2) is 6.61 Å². The summed E-state index contributed by atoms with van der Waals surface area (Å²) in [4.78, 5) is 25.3. The number of benzene rings is 1. The van der Waals surface area contributed by atoms with Crippen LogP contribution in [0.3, 0.4) is 0 Å². The van der Waals surface area contributed by atoms with Gasteiger partial charge >= 0.3 is 5.97 Å². The summed E-state index contributed by atoms with van der Waals surface area (Å²) in [6.07, 6.45) is 1.25. The zero-order valence-electron chi connectivity index (χ0n) is 13.7. The fraction of sp³-hybridized carbons (Fsp3) is 0.333. The fourth-order valence-corrected chi connectivity index (χ4v) is 3.27. The van der Waals surface area contributed by atoms with Crippen LogP contribution in [0.15, 0.2) is 30.3 Å².